The molecule has 1 atom stereocenters. The molecule has 0 aliphatic heterocycles. The van der Waals surface area contributed by atoms with Crippen LogP contribution in [-0.2, 0) is 4.74 Å². The Morgan fingerprint density at radius 2 is 1.91 bits per heavy atom. The molecule has 23 heavy (non-hydrogen) atoms. The summed E-state index contributed by atoms with van der Waals surface area (Å²) in [6.45, 7) is 8.28. The van der Waals surface area contributed by atoms with Crippen LogP contribution >= 0.6 is 24.0 Å². The second-order valence-corrected chi connectivity index (χ2v) is 6.04. The van der Waals surface area contributed by atoms with Crippen LogP contribution < -0.4 is 10.6 Å². The highest BCUT2D eigenvalue weighted by Gasteiger charge is 2.05. The molecule has 0 rings (SSSR count). The van der Waals surface area contributed by atoms with Gasteiger partial charge in [-0.3, -0.25) is 4.99 Å². The third-order valence-electron chi connectivity index (χ3n) is 3.78. The van der Waals surface area contributed by atoms with E-state index in [4.69, 9.17) is 4.74 Å². The number of ether oxygens (including phenoxy) is 1. The Kier molecular flexibility index (Phi) is 20.0. The van der Waals surface area contributed by atoms with Crippen LogP contribution in [0.2, 0.25) is 0 Å². The highest BCUT2D eigenvalue weighted by Crippen LogP contribution is 2.05. The van der Waals surface area contributed by atoms with E-state index in [0.717, 1.165) is 38.6 Å². The quantitative estimate of drug-likeness (QED) is 0.199. The third kappa shape index (κ3) is 16.6. The van der Waals surface area contributed by atoms with Gasteiger partial charge in [-0.1, -0.05) is 32.6 Å². The predicted molar refractivity (Wildman–Crippen MR) is 112 cm³/mol. The first-order valence-corrected chi connectivity index (χ1v) is 8.78. The maximum absolute atomic E-state index is 5.08. The first kappa shape index (κ1) is 25.2. The van der Waals surface area contributed by atoms with E-state index in [1.807, 2.05) is 7.05 Å². The minimum absolute atomic E-state index is 0. The fraction of sp³-hybridized carbons (Fsp3) is 0.941. The summed E-state index contributed by atoms with van der Waals surface area (Å²) in [6.07, 6.45) is 7.58. The first-order chi connectivity index (χ1) is 10.6. The van der Waals surface area contributed by atoms with E-state index in [1.54, 1.807) is 7.11 Å². The van der Waals surface area contributed by atoms with Crippen LogP contribution in [0.5, 0.6) is 0 Å². The van der Waals surface area contributed by atoms with Gasteiger partial charge in [-0.25, -0.2) is 0 Å². The van der Waals surface area contributed by atoms with Gasteiger partial charge in [0, 0.05) is 33.3 Å². The number of aliphatic imine (C=N–C) groups is 1. The number of nitrogens with zero attached hydrogens (tertiary/aromatic N) is 2. The zero-order chi connectivity index (χ0) is 16.6. The fourth-order valence-electron chi connectivity index (χ4n) is 2.29. The van der Waals surface area contributed by atoms with Crippen LogP contribution in [0.4, 0.5) is 0 Å². The molecule has 0 heterocycles. The number of halogens is 1. The molecule has 2 N–H and O–H groups in total. The van der Waals surface area contributed by atoms with Crippen LogP contribution in [-0.4, -0.2) is 64.3 Å². The van der Waals surface area contributed by atoms with Gasteiger partial charge in [-0.05, 0) is 33.4 Å². The number of unbranched alkanes of at least 4 members (excludes halogenated alkanes) is 3. The molecule has 5 nitrogen and oxygen atoms in total. The average Bonchev–Trinajstić information content (AvgIpc) is 2.52. The number of nitrogens with one attached hydrogen (secondary N) is 2. The third-order valence-corrected chi connectivity index (χ3v) is 3.78. The summed E-state index contributed by atoms with van der Waals surface area (Å²) < 4.78 is 5.08. The van der Waals surface area contributed by atoms with Crippen molar-refractivity contribution in [3.63, 3.8) is 0 Å². The maximum Gasteiger partial charge on any atom is 0.191 e. The van der Waals surface area contributed by atoms with E-state index >= 15 is 0 Å². The fourth-order valence-corrected chi connectivity index (χ4v) is 2.29. The Balaban J connectivity index is 0. The van der Waals surface area contributed by atoms with Crippen molar-refractivity contribution in [1.29, 1.82) is 0 Å². The van der Waals surface area contributed by atoms with Crippen molar-refractivity contribution < 1.29 is 4.74 Å². The second-order valence-electron chi connectivity index (χ2n) is 6.04. The molecule has 0 aromatic rings. The summed E-state index contributed by atoms with van der Waals surface area (Å²) >= 11 is 0. The standard InChI is InChI=1S/C17H38N4O.HI/c1-6-7-8-9-11-16(2)20-17(18-3)19-12-10-13-21(4)14-15-22-5;/h16H,6-15H2,1-5H3,(H2,18,19,20);1H. The summed E-state index contributed by atoms with van der Waals surface area (Å²) in [4.78, 5) is 6.59. The van der Waals surface area contributed by atoms with Gasteiger partial charge in [0.2, 0.25) is 0 Å². The zero-order valence-electron chi connectivity index (χ0n) is 15.9. The van der Waals surface area contributed by atoms with E-state index in [2.05, 4.69) is 41.4 Å². The Morgan fingerprint density at radius 1 is 1.17 bits per heavy atom. The molecule has 140 valence electrons. The van der Waals surface area contributed by atoms with Crippen LogP contribution in [0.25, 0.3) is 0 Å². The number of methoxy groups -OCH3 is 1. The van der Waals surface area contributed by atoms with Crippen LogP contribution in [0.15, 0.2) is 4.99 Å². The zero-order valence-corrected chi connectivity index (χ0v) is 18.2. The van der Waals surface area contributed by atoms with Crippen LogP contribution in [0, 0.1) is 0 Å². The second kappa shape index (κ2) is 18.3. The molecule has 0 saturated heterocycles. The highest BCUT2D eigenvalue weighted by atomic mass is 127. The van der Waals surface area contributed by atoms with Crippen LogP contribution in [0.1, 0.15) is 52.4 Å². The largest absolute Gasteiger partial charge is 0.383 e. The number of hydrogen-bond acceptors (Lipinski definition) is 3. The lowest BCUT2D eigenvalue weighted by molar-refractivity contribution is 0.161. The molecule has 0 spiro atoms. The van der Waals surface area contributed by atoms with E-state index in [-0.39, 0.29) is 24.0 Å². The van der Waals surface area contributed by atoms with Crippen molar-refractivity contribution in [2.45, 2.75) is 58.4 Å². The van der Waals surface area contributed by atoms with Crippen molar-refractivity contribution in [3.05, 3.63) is 0 Å². The minimum Gasteiger partial charge on any atom is -0.383 e. The van der Waals surface area contributed by atoms with Crippen molar-refractivity contribution in [2.24, 2.45) is 4.99 Å². The molecule has 0 aromatic carbocycles. The number of rotatable bonds is 13. The average molecular weight is 442 g/mol. The normalized spacial score (nSPS) is 12.9. The Hall–Kier alpha value is -0.0800. The molecule has 0 bridgehead atoms. The van der Waals surface area contributed by atoms with Gasteiger partial charge in [-0.15, -0.1) is 24.0 Å². The lowest BCUT2D eigenvalue weighted by Gasteiger charge is -2.19. The summed E-state index contributed by atoms with van der Waals surface area (Å²) in [5, 5.41) is 6.87. The molecular weight excluding hydrogens is 403 g/mol. The summed E-state index contributed by atoms with van der Waals surface area (Å²) in [6, 6.07) is 0.479. The molecular formula is C17H39IN4O. The molecule has 0 aromatic heterocycles. The van der Waals surface area contributed by atoms with Crippen molar-refractivity contribution >= 4 is 29.9 Å². The molecule has 0 saturated carbocycles. The lowest BCUT2D eigenvalue weighted by Crippen LogP contribution is -2.43. The van der Waals surface area contributed by atoms with E-state index < -0.39 is 0 Å². The highest BCUT2D eigenvalue weighted by molar-refractivity contribution is 14.0. The van der Waals surface area contributed by atoms with Crippen LogP contribution in [0.3, 0.4) is 0 Å². The summed E-state index contributed by atoms with van der Waals surface area (Å²) in [5.74, 6) is 0.919. The molecule has 0 radical (unpaired) electrons. The lowest BCUT2D eigenvalue weighted by atomic mass is 10.1. The van der Waals surface area contributed by atoms with E-state index in [1.165, 1.54) is 32.1 Å². The van der Waals surface area contributed by atoms with Crippen molar-refractivity contribution in [2.75, 3.05) is 47.4 Å². The van der Waals surface area contributed by atoms with Gasteiger partial charge >= 0.3 is 0 Å². The predicted octanol–water partition coefficient (Wildman–Crippen LogP) is 3.10. The summed E-state index contributed by atoms with van der Waals surface area (Å²) in [7, 11) is 5.71. The van der Waals surface area contributed by atoms with Crippen molar-refractivity contribution in [3.8, 4) is 0 Å². The van der Waals surface area contributed by atoms with Gasteiger partial charge < -0.3 is 20.3 Å². The van der Waals surface area contributed by atoms with Gasteiger partial charge in [0.1, 0.15) is 0 Å². The number of guanidine groups is 1. The SMILES string of the molecule is CCCCCCC(C)NC(=NC)NCCCN(C)CCOC.I. The molecule has 1 unspecified atom stereocenters. The van der Waals surface area contributed by atoms with Crippen molar-refractivity contribution in [1.82, 2.24) is 15.5 Å². The maximum atomic E-state index is 5.08. The molecule has 6 heteroatoms. The Morgan fingerprint density at radius 3 is 2.52 bits per heavy atom. The Bertz CT molecular complexity index is 277. The molecule has 0 aliphatic carbocycles. The van der Waals surface area contributed by atoms with E-state index in [0.29, 0.717) is 6.04 Å². The monoisotopic (exact) mass is 442 g/mol. The van der Waals surface area contributed by atoms with E-state index in [9.17, 15) is 0 Å². The van der Waals surface area contributed by atoms with Gasteiger partial charge in [0.15, 0.2) is 5.96 Å². The van der Waals surface area contributed by atoms with Gasteiger partial charge in [-0.2, -0.15) is 0 Å². The number of likely N-dealkylation sites (N-methyl/N-ethyl adjacent to an activating group) is 1. The first-order valence-electron chi connectivity index (χ1n) is 8.78. The number of hydrogen-bond donors (Lipinski definition) is 2. The summed E-state index contributed by atoms with van der Waals surface area (Å²) in [5.41, 5.74) is 0. The Labute approximate surface area is 161 Å². The smallest absolute Gasteiger partial charge is 0.191 e. The molecule has 0 aliphatic rings. The van der Waals surface area contributed by atoms with Gasteiger partial charge in [0.25, 0.3) is 0 Å². The van der Waals surface area contributed by atoms with Gasteiger partial charge in [0.05, 0.1) is 6.61 Å². The minimum atomic E-state index is 0. The molecule has 0 fully saturated rings. The molecule has 0 amide bonds. The topological polar surface area (TPSA) is 48.9 Å².